The van der Waals surface area contributed by atoms with E-state index in [1.165, 1.54) is 0 Å². The Hall–Kier alpha value is -0.910. The summed E-state index contributed by atoms with van der Waals surface area (Å²) in [5, 5.41) is 0. The van der Waals surface area contributed by atoms with Gasteiger partial charge >= 0.3 is 0 Å². The molecule has 90 valence electrons. The molecule has 0 aliphatic carbocycles. The molecule has 0 spiro atoms. The second-order valence-electron chi connectivity index (χ2n) is 3.52. The van der Waals surface area contributed by atoms with Gasteiger partial charge in [-0.3, -0.25) is 4.18 Å². The summed E-state index contributed by atoms with van der Waals surface area (Å²) >= 11 is 0. The topological polar surface area (TPSA) is 52.6 Å². The maximum atomic E-state index is 11.7. The van der Waals surface area contributed by atoms with Gasteiger partial charge in [0.15, 0.2) is 0 Å². The standard InChI is InChI=1S/C10H12O4S.CH4/c1-8-2-4-10(5-3-8)15(11,12)14-9-6-13-7-9;/h2-5,9H,6-7H2,1H3;1H4. The van der Waals surface area contributed by atoms with Crippen LogP contribution in [0.15, 0.2) is 29.2 Å². The Bertz CT molecular complexity index is 432. The van der Waals surface area contributed by atoms with Gasteiger partial charge in [-0.1, -0.05) is 25.1 Å². The molecular formula is C11H16O4S. The average molecular weight is 244 g/mol. The number of hydrogen-bond acceptors (Lipinski definition) is 4. The SMILES string of the molecule is C.Cc1ccc(S(=O)(=O)OC2COC2)cc1. The molecule has 1 saturated heterocycles. The fourth-order valence-electron chi connectivity index (χ4n) is 1.21. The highest BCUT2D eigenvalue weighted by atomic mass is 32.2. The molecular weight excluding hydrogens is 228 g/mol. The number of benzene rings is 1. The van der Waals surface area contributed by atoms with E-state index in [2.05, 4.69) is 0 Å². The second-order valence-corrected chi connectivity index (χ2v) is 5.09. The van der Waals surface area contributed by atoms with Crippen molar-refractivity contribution in [3.05, 3.63) is 29.8 Å². The minimum absolute atomic E-state index is 0. The summed E-state index contributed by atoms with van der Waals surface area (Å²) in [5.41, 5.74) is 1.01. The van der Waals surface area contributed by atoms with Crippen molar-refractivity contribution in [3.8, 4) is 0 Å². The molecule has 1 heterocycles. The molecule has 4 nitrogen and oxygen atoms in total. The lowest BCUT2D eigenvalue weighted by Gasteiger charge is -2.25. The Morgan fingerprint density at radius 1 is 1.25 bits per heavy atom. The zero-order valence-electron chi connectivity index (χ0n) is 8.34. The normalized spacial score (nSPS) is 16.3. The highest BCUT2D eigenvalue weighted by Gasteiger charge is 2.27. The van der Waals surface area contributed by atoms with Crippen LogP contribution in [0.4, 0.5) is 0 Å². The first-order valence-corrected chi connectivity index (χ1v) is 6.06. The molecule has 1 aromatic rings. The van der Waals surface area contributed by atoms with E-state index in [0.29, 0.717) is 13.2 Å². The van der Waals surface area contributed by atoms with E-state index in [1.807, 2.05) is 6.92 Å². The lowest BCUT2D eigenvalue weighted by Crippen LogP contribution is -2.37. The van der Waals surface area contributed by atoms with Crippen molar-refractivity contribution in [2.24, 2.45) is 0 Å². The van der Waals surface area contributed by atoms with Crippen molar-refractivity contribution in [1.29, 1.82) is 0 Å². The maximum Gasteiger partial charge on any atom is 0.297 e. The van der Waals surface area contributed by atoms with Gasteiger partial charge in [-0.05, 0) is 19.1 Å². The van der Waals surface area contributed by atoms with E-state index >= 15 is 0 Å². The van der Waals surface area contributed by atoms with Crippen LogP contribution in [0, 0.1) is 6.92 Å². The molecule has 0 N–H and O–H groups in total. The van der Waals surface area contributed by atoms with Gasteiger partial charge in [0.25, 0.3) is 10.1 Å². The molecule has 0 saturated carbocycles. The van der Waals surface area contributed by atoms with Crippen LogP contribution in [0.2, 0.25) is 0 Å². The number of hydrogen-bond donors (Lipinski definition) is 0. The van der Waals surface area contributed by atoms with Gasteiger partial charge in [-0.15, -0.1) is 0 Å². The maximum absolute atomic E-state index is 11.7. The Morgan fingerprint density at radius 2 is 1.81 bits per heavy atom. The van der Waals surface area contributed by atoms with Crippen LogP contribution in [-0.2, 0) is 19.0 Å². The van der Waals surface area contributed by atoms with Crippen molar-refractivity contribution in [1.82, 2.24) is 0 Å². The summed E-state index contributed by atoms with van der Waals surface area (Å²) < 4.78 is 33.1. The summed E-state index contributed by atoms with van der Waals surface area (Å²) in [5.74, 6) is 0. The fourth-order valence-corrected chi connectivity index (χ4v) is 2.26. The lowest BCUT2D eigenvalue weighted by molar-refractivity contribution is -0.0769. The van der Waals surface area contributed by atoms with Crippen LogP contribution >= 0.6 is 0 Å². The lowest BCUT2D eigenvalue weighted by atomic mass is 10.2. The third kappa shape index (κ3) is 2.81. The van der Waals surface area contributed by atoms with Crippen molar-refractivity contribution in [2.45, 2.75) is 25.3 Å². The van der Waals surface area contributed by atoms with Crippen molar-refractivity contribution < 1.29 is 17.3 Å². The van der Waals surface area contributed by atoms with Crippen molar-refractivity contribution in [3.63, 3.8) is 0 Å². The van der Waals surface area contributed by atoms with Crippen molar-refractivity contribution in [2.75, 3.05) is 13.2 Å². The van der Waals surface area contributed by atoms with Gasteiger partial charge < -0.3 is 4.74 Å². The van der Waals surface area contributed by atoms with E-state index in [9.17, 15) is 8.42 Å². The first-order valence-electron chi connectivity index (χ1n) is 4.66. The molecule has 0 unspecified atom stereocenters. The molecule has 0 amide bonds. The van der Waals surface area contributed by atoms with E-state index < -0.39 is 10.1 Å². The minimum Gasteiger partial charge on any atom is -0.376 e. The van der Waals surface area contributed by atoms with Crippen LogP contribution < -0.4 is 0 Å². The van der Waals surface area contributed by atoms with Gasteiger partial charge in [-0.2, -0.15) is 8.42 Å². The number of aryl methyl sites for hydroxylation is 1. The number of ether oxygens (including phenoxy) is 1. The largest absolute Gasteiger partial charge is 0.376 e. The quantitative estimate of drug-likeness (QED) is 0.760. The molecule has 1 fully saturated rings. The zero-order valence-corrected chi connectivity index (χ0v) is 9.16. The minimum atomic E-state index is -3.62. The van der Waals surface area contributed by atoms with Crippen LogP contribution in [-0.4, -0.2) is 27.7 Å². The molecule has 0 aromatic heterocycles. The van der Waals surface area contributed by atoms with Gasteiger partial charge in [0.05, 0.1) is 18.1 Å². The summed E-state index contributed by atoms with van der Waals surface area (Å²) in [7, 11) is -3.62. The van der Waals surface area contributed by atoms with E-state index in [0.717, 1.165) is 5.56 Å². The molecule has 2 rings (SSSR count). The highest BCUT2D eigenvalue weighted by Crippen LogP contribution is 2.17. The molecule has 5 heteroatoms. The van der Waals surface area contributed by atoms with E-state index in [-0.39, 0.29) is 18.4 Å². The first-order chi connectivity index (χ1) is 7.08. The van der Waals surface area contributed by atoms with Crippen molar-refractivity contribution >= 4 is 10.1 Å². The second kappa shape index (κ2) is 4.95. The summed E-state index contributed by atoms with van der Waals surface area (Å²) in [6.45, 7) is 2.60. The van der Waals surface area contributed by atoms with E-state index in [4.69, 9.17) is 8.92 Å². The molecule has 1 aliphatic heterocycles. The first kappa shape index (κ1) is 13.2. The molecule has 1 aromatic carbocycles. The Labute approximate surface area is 96.3 Å². The van der Waals surface area contributed by atoms with Gasteiger partial charge in [0, 0.05) is 0 Å². The van der Waals surface area contributed by atoms with E-state index in [1.54, 1.807) is 24.3 Å². The summed E-state index contributed by atoms with van der Waals surface area (Å²) in [4.78, 5) is 0.194. The van der Waals surface area contributed by atoms with Gasteiger partial charge in [0.1, 0.15) is 6.10 Å². The van der Waals surface area contributed by atoms with Gasteiger partial charge in [-0.25, -0.2) is 0 Å². The highest BCUT2D eigenvalue weighted by molar-refractivity contribution is 7.86. The predicted octanol–water partition coefficient (Wildman–Crippen LogP) is 1.74. The van der Waals surface area contributed by atoms with Crippen LogP contribution in [0.5, 0.6) is 0 Å². The summed E-state index contributed by atoms with van der Waals surface area (Å²) in [6.07, 6.45) is -0.323. The molecule has 0 radical (unpaired) electrons. The van der Waals surface area contributed by atoms with Gasteiger partial charge in [0.2, 0.25) is 0 Å². The molecule has 0 bridgehead atoms. The Kier molecular flexibility index (Phi) is 4.07. The molecule has 16 heavy (non-hydrogen) atoms. The zero-order chi connectivity index (χ0) is 10.9. The predicted molar refractivity (Wildman–Crippen MR) is 60.8 cm³/mol. The fraction of sp³-hybridized carbons (Fsp3) is 0.455. The Morgan fingerprint density at radius 3 is 2.25 bits per heavy atom. The Balaban J connectivity index is 0.00000128. The summed E-state index contributed by atoms with van der Waals surface area (Å²) in [6, 6.07) is 6.58. The average Bonchev–Trinajstić information content (AvgIpc) is 2.13. The molecule has 1 aliphatic rings. The monoisotopic (exact) mass is 244 g/mol. The third-order valence-electron chi connectivity index (χ3n) is 2.18. The van der Waals surface area contributed by atoms with Crippen LogP contribution in [0.3, 0.4) is 0 Å². The number of rotatable bonds is 3. The molecule has 0 atom stereocenters. The third-order valence-corrected chi connectivity index (χ3v) is 3.55. The van der Waals surface area contributed by atoms with Crippen LogP contribution in [0.1, 0.15) is 13.0 Å². The van der Waals surface area contributed by atoms with Crippen LogP contribution in [0.25, 0.3) is 0 Å². The smallest absolute Gasteiger partial charge is 0.297 e.